The summed E-state index contributed by atoms with van der Waals surface area (Å²) >= 11 is 0. The van der Waals surface area contributed by atoms with Crippen LogP contribution in [0.3, 0.4) is 0 Å². The minimum Gasteiger partial charge on any atom is -0.395 e. The van der Waals surface area contributed by atoms with E-state index in [2.05, 4.69) is 5.10 Å². The Bertz CT molecular complexity index is 1480. The zero-order chi connectivity index (χ0) is 30.1. The van der Waals surface area contributed by atoms with Gasteiger partial charge in [0.1, 0.15) is 0 Å². The number of piperazine rings is 1. The molecule has 0 aliphatic carbocycles. The largest absolute Gasteiger partial charge is 0.434 e. The summed E-state index contributed by atoms with van der Waals surface area (Å²) in [7, 11) is 0. The fourth-order valence-corrected chi connectivity index (χ4v) is 5.27. The van der Waals surface area contributed by atoms with Gasteiger partial charge in [0, 0.05) is 62.9 Å². The van der Waals surface area contributed by atoms with Crippen molar-refractivity contribution >= 4 is 23.1 Å². The molecule has 2 aliphatic rings. The number of β-amino-alcohol motifs (C(OH)–C–C–N with tert-alkyl or cyclic N) is 1. The maximum Gasteiger partial charge on any atom is 0.434 e. The number of carbonyl (C=O) groups excluding carboxylic acids is 2. The van der Waals surface area contributed by atoms with Gasteiger partial charge in [0.25, 0.3) is 11.8 Å². The van der Waals surface area contributed by atoms with Crippen molar-refractivity contribution in [3.8, 4) is 5.69 Å². The van der Waals surface area contributed by atoms with Crippen LogP contribution in [0.15, 0.2) is 66.9 Å². The van der Waals surface area contributed by atoms with Crippen LogP contribution in [0, 0.1) is 0 Å². The number of anilines is 1. The Balaban J connectivity index is 1.52. The summed E-state index contributed by atoms with van der Waals surface area (Å²) in [6, 6.07) is 13.1. The van der Waals surface area contributed by atoms with Crippen molar-refractivity contribution in [1.82, 2.24) is 19.6 Å². The van der Waals surface area contributed by atoms with E-state index in [1.807, 2.05) is 4.90 Å². The first-order valence-electron chi connectivity index (χ1n) is 13.4. The lowest BCUT2D eigenvalue weighted by Gasteiger charge is -2.34. The van der Waals surface area contributed by atoms with Gasteiger partial charge in [0.05, 0.1) is 29.7 Å². The third-order valence-corrected chi connectivity index (χ3v) is 7.41. The van der Waals surface area contributed by atoms with E-state index in [1.165, 1.54) is 53.4 Å². The van der Waals surface area contributed by atoms with E-state index in [-0.39, 0.29) is 36.6 Å². The normalized spacial score (nSPS) is 18.6. The standard InChI is InChI=1S/C29H28F5N5O3/c30-28(31)10-11-38(27(42)22-19-35-39(26(22)29(32,33)34)20-6-2-1-3-7-20)24-9-5-4-8-21(24)23(28)18-25(41)37-14-12-36(13-15-37)16-17-40/h1-9,18-19,40H,10-17H2. The number of hydrogen-bond donors (Lipinski definition) is 1. The predicted molar refractivity (Wildman–Crippen MR) is 144 cm³/mol. The average molecular weight is 590 g/mol. The van der Waals surface area contributed by atoms with Gasteiger partial charge in [-0.1, -0.05) is 36.4 Å². The fourth-order valence-electron chi connectivity index (χ4n) is 5.27. The second-order valence-electron chi connectivity index (χ2n) is 10.0. The Morgan fingerprint density at radius 2 is 1.62 bits per heavy atom. The maximum atomic E-state index is 15.6. The Hall–Kier alpha value is -4.10. The van der Waals surface area contributed by atoms with E-state index >= 15 is 8.78 Å². The zero-order valence-electron chi connectivity index (χ0n) is 22.4. The molecule has 2 aromatic carbocycles. The molecule has 2 aliphatic heterocycles. The number of halogens is 5. The van der Waals surface area contributed by atoms with Gasteiger partial charge < -0.3 is 14.9 Å². The molecule has 2 amide bonds. The molecule has 1 fully saturated rings. The van der Waals surface area contributed by atoms with E-state index in [4.69, 9.17) is 5.11 Å². The summed E-state index contributed by atoms with van der Waals surface area (Å²) in [6.45, 7) is 1.33. The smallest absolute Gasteiger partial charge is 0.395 e. The number of aromatic nitrogens is 2. The molecule has 222 valence electrons. The Kier molecular flexibility index (Phi) is 8.15. The van der Waals surface area contributed by atoms with Crippen LogP contribution in [0.5, 0.6) is 0 Å². The van der Waals surface area contributed by atoms with Gasteiger partial charge >= 0.3 is 6.18 Å². The maximum absolute atomic E-state index is 15.6. The fraction of sp³-hybridized carbons (Fsp3) is 0.345. The molecule has 1 N–H and O–H groups in total. The van der Waals surface area contributed by atoms with Gasteiger partial charge in [-0.2, -0.15) is 18.3 Å². The van der Waals surface area contributed by atoms with Crippen molar-refractivity contribution in [3.63, 3.8) is 0 Å². The third-order valence-electron chi connectivity index (χ3n) is 7.41. The molecule has 1 aromatic heterocycles. The molecule has 0 saturated carbocycles. The first-order chi connectivity index (χ1) is 20.0. The number of para-hydroxylation sites is 2. The van der Waals surface area contributed by atoms with Crippen LogP contribution < -0.4 is 4.90 Å². The monoisotopic (exact) mass is 589 g/mol. The molecule has 3 aromatic rings. The Labute approximate surface area is 238 Å². The van der Waals surface area contributed by atoms with Crippen molar-refractivity contribution in [3.05, 3.63) is 83.7 Å². The lowest BCUT2D eigenvalue weighted by atomic mass is 9.96. The second kappa shape index (κ2) is 11.6. The van der Waals surface area contributed by atoms with Gasteiger partial charge in [-0.25, -0.2) is 13.5 Å². The Morgan fingerprint density at radius 3 is 2.29 bits per heavy atom. The number of allylic oxidation sites excluding steroid dienone is 1. The first kappa shape index (κ1) is 29.4. The lowest BCUT2D eigenvalue weighted by molar-refractivity contribution is -0.143. The molecule has 5 rings (SSSR count). The van der Waals surface area contributed by atoms with Crippen molar-refractivity contribution in [2.75, 3.05) is 50.8 Å². The van der Waals surface area contributed by atoms with Crippen LogP contribution in [0.1, 0.15) is 28.0 Å². The van der Waals surface area contributed by atoms with Gasteiger partial charge in [0.15, 0.2) is 5.69 Å². The summed E-state index contributed by atoms with van der Waals surface area (Å²) in [5.74, 6) is -5.33. The topological polar surface area (TPSA) is 81.9 Å². The number of nitrogens with zero attached hydrogens (tertiary/aromatic N) is 5. The SMILES string of the molecule is O=C(C=C1c2ccccc2N(C(=O)c2cnn(-c3ccccc3)c2C(F)(F)F)CCC1(F)F)N1CCN(CCO)CC1. The number of alkyl halides is 5. The third kappa shape index (κ3) is 5.79. The van der Waals surface area contributed by atoms with E-state index < -0.39 is 53.7 Å². The van der Waals surface area contributed by atoms with Crippen molar-refractivity contribution in [2.24, 2.45) is 0 Å². The van der Waals surface area contributed by atoms with E-state index in [1.54, 1.807) is 6.07 Å². The number of aliphatic hydroxyl groups excluding tert-OH is 1. The molecular formula is C29H28F5N5O3. The van der Waals surface area contributed by atoms with Crippen molar-refractivity contribution < 1.29 is 36.6 Å². The first-order valence-corrected chi connectivity index (χ1v) is 13.4. The van der Waals surface area contributed by atoms with Gasteiger partial charge in [-0.15, -0.1) is 0 Å². The molecule has 0 bridgehead atoms. The average Bonchev–Trinajstić information content (AvgIpc) is 3.39. The molecule has 3 heterocycles. The van der Waals surface area contributed by atoms with Crippen molar-refractivity contribution in [1.29, 1.82) is 0 Å². The van der Waals surface area contributed by atoms with Crippen molar-refractivity contribution in [2.45, 2.75) is 18.5 Å². The summed E-state index contributed by atoms with van der Waals surface area (Å²) in [6.07, 6.45) is -4.24. The zero-order valence-corrected chi connectivity index (χ0v) is 22.4. The quantitative estimate of drug-likeness (QED) is 0.358. The van der Waals surface area contributed by atoms with Crippen LogP contribution in [-0.2, 0) is 11.0 Å². The minimum atomic E-state index is -4.98. The highest BCUT2D eigenvalue weighted by Gasteiger charge is 2.45. The van der Waals surface area contributed by atoms with Gasteiger partial charge in [0.2, 0.25) is 5.91 Å². The lowest BCUT2D eigenvalue weighted by Crippen LogP contribution is -2.49. The summed E-state index contributed by atoms with van der Waals surface area (Å²) < 4.78 is 74.7. The number of hydrogen-bond acceptors (Lipinski definition) is 5. The van der Waals surface area contributed by atoms with Gasteiger partial charge in [-0.3, -0.25) is 14.5 Å². The highest BCUT2D eigenvalue weighted by Crippen LogP contribution is 2.44. The predicted octanol–water partition coefficient (Wildman–Crippen LogP) is 4.10. The number of benzene rings is 2. The Morgan fingerprint density at radius 1 is 0.952 bits per heavy atom. The molecule has 1 saturated heterocycles. The highest BCUT2D eigenvalue weighted by molar-refractivity contribution is 6.09. The number of carbonyl (C=O) groups is 2. The van der Waals surface area contributed by atoms with E-state index in [0.29, 0.717) is 24.3 Å². The molecular weight excluding hydrogens is 561 g/mol. The number of aliphatic hydroxyl groups is 1. The summed E-state index contributed by atoms with van der Waals surface area (Å²) in [5.41, 5.74) is -2.79. The molecule has 8 nitrogen and oxygen atoms in total. The number of rotatable bonds is 5. The van der Waals surface area contributed by atoms with Gasteiger partial charge in [-0.05, 0) is 18.2 Å². The van der Waals surface area contributed by atoms with Crippen LogP contribution in [-0.4, -0.2) is 88.3 Å². The van der Waals surface area contributed by atoms with Crippen LogP contribution in [0.2, 0.25) is 0 Å². The molecule has 42 heavy (non-hydrogen) atoms. The molecule has 0 unspecified atom stereocenters. The summed E-state index contributed by atoms with van der Waals surface area (Å²) in [4.78, 5) is 31.1. The molecule has 13 heteroatoms. The number of fused-ring (bicyclic) bond motifs is 1. The van der Waals surface area contributed by atoms with E-state index in [9.17, 15) is 22.8 Å². The number of amides is 2. The van der Waals surface area contributed by atoms with Crippen LogP contribution in [0.4, 0.5) is 27.6 Å². The molecule has 0 spiro atoms. The molecule has 0 radical (unpaired) electrons. The second-order valence-corrected chi connectivity index (χ2v) is 10.0. The van der Waals surface area contributed by atoms with E-state index in [0.717, 1.165) is 17.2 Å². The summed E-state index contributed by atoms with van der Waals surface area (Å²) in [5, 5.41) is 12.9. The molecule has 0 atom stereocenters. The highest BCUT2D eigenvalue weighted by atomic mass is 19.4. The van der Waals surface area contributed by atoms with Crippen LogP contribution >= 0.6 is 0 Å². The minimum absolute atomic E-state index is 0.0340. The van der Waals surface area contributed by atoms with Crippen LogP contribution in [0.25, 0.3) is 11.3 Å².